The fraction of sp³-hybridized carbons (Fsp3) is 0.0758. The third-order valence-electron chi connectivity index (χ3n) is 13.2. The van der Waals surface area contributed by atoms with Gasteiger partial charge >= 0.3 is 19.9 Å². The molecule has 0 radical (unpaired) electrons. The third-order valence-corrected chi connectivity index (χ3v) is 26.1. The summed E-state index contributed by atoms with van der Waals surface area (Å²) in [7, 11) is 2.06. The van der Waals surface area contributed by atoms with Crippen LogP contribution in [0.3, 0.4) is 0 Å². The fourth-order valence-corrected chi connectivity index (χ4v) is 20.3. The summed E-state index contributed by atoms with van der Waals surface area (Å²) in [5.41, 5.74) is 3.50. The third kappa shape index (κ3) is 17.9. The summed E-state index contributed by atoms with van der Waals surface area (Å²) in [6.07, 6.45) is 5.12. The van der Waals surface area contributed by atoms with Crippen LogP contribution in [0, 0.1) is 45.3 Å². The average molecular weight is 1350 g/mol. The van der Waals surface area contributed by atoms with Crippen LogP contribution < -0.4 is 37.8 Å². The van der Waals surface area contributed by atoms with E-state index in [-0.39, 0.29) is 11.5 Å². The molecule has 9 aromatic rings. The summed E-state index contributed by atoms with van der Waals surface area (Å²) in [6.45, 7) is -10.5. The number of phenolic OH excluding ortho intramolecular Hbond substituents is 2. The molecular formula is C66H55N11O8P4S3. The van der Waals surface area contributed by atoms with Crippen molar-refractivity contribution in [2.75, 3.05) is 33.8 Å². The second-order valence-corrected chi connectivity index (χ2v) is 32.7. The van der Waals surface area contributed by atoms with Crippen LogP contribution in [0.1, 0.15) is 38.9 Å². The second-order valence-electron chi connectivity index (χ2n) is 19.8. The van der Waals surface area contributed by atoms with E-state index in [0.717, 1.165) is 10.6 Å². The molecule has 0 aromatic heterocycles. The van der Waals surface area contributed by atoms with E-state index in [2.05, 4.69) is 39.6 Å². The number of hydrazone groups is 3. The number of hydrogen-bond acceptors (Lipinski definition) is 19. The lowest BCUT2D eigenvalue weighted by atomic mass is 10.2. The molecule has 2 N–H and O–H groups in total. The van der Waals surface area contributed by atoms with E-state index in [9.17, 15) is 31.3 Å². The van der Waals surface area contributed by atoms with Gasteiger partial charge in [0.1, 0.15) is 46.0 Å². The van der Waals surface area contributed by atoms with Crippen molar-refractivity contribution in [1.29, 1.82) is 21.0 Å². The Morgan fingerprint density at radius 2 is 0.707 bits per heavy atom. The van der Waals surface area contributed by atoms with Crippen LogP contribution >= 0.6 is 27.0 Å². The lowest BCUT2D eigenvalue weighted by Gasteiger charge is -2.31. The number of nitrogens with zero attached hydrogens (tertiary/aromatic N) is 11. The zero-order valence-electron chi connectivity index (χ0n) is 49.3. The SMILES string of the molecule is CN(CCP(=NP(=S)(Oc1ccc(/C=N/N(C)P(=S)(Oc2ccc(C#N)cc2)Oc2ccc(C#N)cc2)cc1)Oc1ccc(/C=N/N(C)P(=S)(Oc2ccc(C#N)cc2)Oc2ccc(C#N)cc2)cc1)(c1ccccc1)c1ccccc1)/N=C/c1cc(O)cc(O)c1. The average Bonchev–Trinajstić information content (AvgIpc) is 0.823. The monoisotopic (exact) mass is 1350 g/mol. The highest BCUT2D eigenvalue weighted by atomic mass is 32.5. The lowest BCUT2D eigenvalue weighted by molar-refractivity contribution is 0.380. The minimum atomic E-state index is -3.89. The molecule has 0 aliphatic carbocycles. The van der Waals surface area contributed by atoms with Gasteiger partial charge in [0.2, 0.25) is 0 Å². The number of hydrogen-bond donors (Lipinski definition) is 2. The zero-order valence-corrected chi connectivity index (χ0v) is 55.3. The highest BCUT2D eigenvalue weighted by Gasteiger charge is 2.34. The number of nitriles is 4. The summed E-state index contributed by atoms with van der Waals surface area (Å²) in [4.78, 5) is 0. The Balaban J connectivity index is 1.05. The molecule has 9 rings (SSSR count). The van der Waals surface area contributed by atoms with E-state index in [1.54, 1.807) is 183 Å². The summed E-state index contributed by atoms with van der Waals surface area (Å²) < 4.78 is 47.8. The molecule has 0 saturated carbocycles. The summed E-state index contributed by atoms with van der Waals surface area (Å²) >= 11 is 18.8. The standard InChI is InChI=1S/C66H55N11O8P4S3/c1-75(71-49-56-40-57(78)42-58(79)41-56)38-39-86(65-10-6-4-7-11-65,66-12-8-5-9-13-66)74-87(90,80-59-34-22-54(23-35-59)47-72-76(2)88(91,82-61-26-14-50(43-67)15-27-61)83-62-28-16-51(44-68)17-29-62)81-60-36-24-55(25-37-60)48-73-77(3)89(92,84-63-30-18-52(45-69)19-31-63)85-64-32-20-53(46-70)21-33-64/h4-37,40-42,47-49,78-79H,38-39H2,1-3H3/b71-49+,72-47+,73-48+. The molecule has 92 heavy (non-hydrogen) atoms. The molecule has 26 heteroatoms. The second kappa shape index (κ2) is 30.6. The first-order valence-electron chi connectivity index (χ1n) is 27.7. The molecule has 0 unspecified atom stereocenters. The number of aromatic hydroxyl groups is 2. The first-order chi connectivity index (χ1) is 44.4. The van der Waals surface area contributed by atoms with Crippen molar-refractivity contribution in [3.8, 4) is 70.3 Å². The minimum absolute atomic E-state index is 0.105. The van der Waals surface area contributed by atoms with E-state index in [0.29, 0.717) is 86.1 Å². The maximum atomic E-state index is 10.2. The van der Waals surface area contributed by atoms with Gasteiger partial charge in [0.05, 0.1) is 65.2 Å². The summed E-state index contributed by atoms with van der Waals surface area (Å²) in [6, 6.07) is 72.3. The van der Waals surface area contributed by atoms with Crippen molar-refractivity contribution in [1.82, 2.24) is 14.6 Å². The molecule has 0 atom stereocenters. The van der Waals surface area contributed by atoms with Crippen molar-refractivity contribution in [2.24, 2.45) is 19.8 Å². The van der Waals surface area contributed by atoms with Crippen LogP contribution in [-0.4, -0.2) is 77.3 Å². The molecule has 0 aliphatic heterocycles. The highest BCUT2D eigenvalue weighted by Crippen LogP contribution is 2.62. The van der Waals surface area contributed by atoms with Gasteiger partial charge in [-0.05, 0) is 179 Å². The molecule has 0 heterocycles. The van der Waals surface area contributed by atoms with Crippen molar-refractivity contribution in [2.45, 2.75) is 0 Å². The molecule has 0 amide bonds. The first-order valence-corrected chi connectivity index (χ1v) is 37.4. The van der Waals surface area contributed by atoms with Crippen LogP contribution in [0.2, 0.25) is 0 Å². The number of phenols is 2. The van der Waals surface area contributed by atoms with Crippen molar-refractivity contribution >= 4 is 91.7 Å². The normalized spacial score (nSPS) is 11.6. The molecule has 0 bridgehead atoms. The number of benzene rings is 9. The number of rotatable bonds is 26. The van der Waals surface area contributed by atoms with Gasteiger partial charge in [0.25, 0.3) is 0 Å². The van der Waals surface area contributed by atoms with Crippen LogP contribution in [0.25, 0.3) is 0 Å². The van der Waals surface area contributed by atoms with Crippen LogP contribution in [0.4, 0.5) is 0 Å². The van der Waals surface area contributed by atoms with E-state index in [1.165, 1.54) is 27.8 Å². The highest BCUT2D eigenvalue weighted by molar-refractivity contribution is 8.11. The van der Waals surface area contributed by atoms with Gasteiger partial charge in [-0.25, -0.2) is 9.56 Å². The Hall–Kier alpha value is -10.1. The lowest BCUT2D eigenvalue weighted by Crippen LogP contribution is -2.25. The maximum Gasteiger partial charge on any atom is 0.413 e. The van der Waals surface area contributed by atoms with Gasteiger partial charge in [-0.3, -0.25) is 5.01 Å². The first kappa shape index (κ1) is 66.4. The van der Waals surface area contributed by atoms with Gasteiger partial charge in [-0.2, -0.15) is 40.9 Å². The van der Waals surface area contributed by atoms with Crippen LogP contribution in [0.5, 0.6) is 46.0 Å². The van der Waals surface area contributed by atoms with Crippen LogP contribution in [-0.2, 0) is 35.4 Å². The van der Waals surface area contributed by atoms with E-state index >= 15 is 0 Å². The van der Waals surface area contributed by atoms with Gasteiger partial charge in [-0.1, -0.05) is 60.7 Å². The molecule has 460 valence electrons. The largest absolute Gasteiger partial charge is 0.508 e. The van der Waals surface area contributed by atoms with Gasteiger partial charge in [-0.15, -0.1) is 0 Å². The molecule has 0 saturated heterocycles. The molecular weight excluding hydrogens is 1290 g/mol. The maximum absolute atomic E-state index is 10.2. The Morgan fingerprint density at radius 1 is 0.402 bits per heavy atom. The predicted octanol–water partition coefficient (Wildman–Crippen LogP) is 14.4. The zero-order chi connectivity index (χ0) is 65.1. The Labute approximate surface area is 548 Å². The fourth-order valence-electron chi connectivity index (χ4n) is 8.44. The smallest absolute Gasteiger partial charge is 0.413 e. The van der Waals surface area contributed by atoms with Crippen LogP contribution in [0.15, 0.2) is 244 Å². The molecule has 9 aromatic carbocycles. The topological polar surface area (TPSA) is 250 Å². The van der Waals surface area contributed by atoms with E-state index in [1.807, 2.05) is 67.7 Å². The quantitative estimate of drug-likeness (QED) is 0.0290. The van der Waals surface area contributed by atoms with Gasteiger partial charge in [0.15, 0.2) is 0 Å². The molecule has 19 nitrogen and oxygen atoms in total. The van der Waals surface area contributed by atoms with E-state index < -0.39 is 27.0 Å². The van der Waals surface area contributed by atoms with Crippen molar-refractivity contribution < 1.29 is 37.4 Å². The van der Waals surface area contributed by atoms with Gasteiger partial charge in [0, 0.05) is 88.0 Å². The molecule has 0 fully saturated rings. The molecule has 0 spiro atoms. The van der Waals surface area contributed by atoms with Crippen molar-refractivity contribution in [3.63, 3.8) is 0 Å². The summed E-state index contributed by atoms with van der Waals surface area (Å²) in [5.74, 6) is 1.90. The Morgan fingerprint density at radius 3 is 1.03 bits per heavy atom. The molecule has 0 aliphatic rings. The minimum Gasteiger partial charge on any atom is -0.508 e. The van der Waals surface area contributed by atoms with Crippen molar-refractivity contribution in [3.05, 3.63) is 263 Å². The Kier molecular flexibility index (Phi) is 22.1. The van der Waals surface area contributed by atoms with E-state index in [4.69, 9.17) is 67.1 Å². The predicted molar refractivity (Wildman–Crippen MR) is 371 cm³/mol. The Bertz CT molecular complexity index is 4140. The summed E-state index contributed by atoms with van der Waals surface area (Å²) in [5, 5.41) is 75.6. The van der Waals surface area contributed by atoms with Gasteiger partial charge < -0.3 is 37.4 Å².